The third kappa shape index (κ3) is 2.93. The first kappa shape index (κ1) is 15.6. The summed E-state index contributed by atoms with van der Waals surface area (Å²) in [5, 5.41) is 1.69. The topological polar surface area (TPSA) is 71.1 Å². The molecule has 0 aliphatic heterocycles. The molecule has 5 nitrogen and oxygen atoms in total. The SMILES string of the molecule is O=S(=O)(NNc1c2ccccc2nc2ccccc12)c1ccccc1. The van der Waals surface area contributed by atoms with Crippen molar-refractivity contribution in [3.63, 3.8) is 0 Å². The van der Waals surface area contributed by atoms with Gasteiger partial charge in [-0.1, -0.05) is 54.6 Å². The van der Waals surface area contributed by atoms with Gasteiger partial charge in [-0.2, -0.15) is 0 Å². The Labute approximate surface area is 145 Å². The number of hydrazine groups is 1. The molecule has 0 bridgehead atoms. The van der Waals surface area contributed by atoms with Crippen LogP contribution in [0.25, 0.3) is 21.8 Å². The number of nitrogens with zero attached hydrogens (tertiary/aromatic N) is 1. The van der Waals surface area contributed by atoms with Crippen molar-refractivity contribution >= 4 is 37.5 Å². The van der Waals surface area contributed by atoms with Crippen LogP contribution in [0.1, 0.15) is 0 Å². The van der Waals surface area contributed by atoms with Crippen molar-refractivity contribution in [2.45, 2.75) is 4.90 Å². The van der Waals surface area contributed by atoms with E-state index in [-0.39, 0.29) is 4.90 Å². The number of para-hydroxylation sites is 2. The Bertz CT molecular complexity index is 1110. The van der Waals surface area contributed by atoms with Crippen LogP contribution in [0.4, 0.5) is 5.69 Å². The molecule has 2 N–H and O–H groups in total. The van der Waals surface area contributed by atoms with E-state index in [9.17, 15) is 8.42 Å². The number of benzene rings is 3. The number of fused-ring (bicyclic) bond motifs is 2. The maximum absolute atomic E-state index is 12.5. The van der Waals surface area contributed by atoms with Gasteiger partial charge in [0, 0.05) is 10.8 Å². The number of pyridine rings is 1. The molecule has 0 saturated carbocycles. The van der Waals surface area contributed by atoms with Crippen molar-refractivity contribution in [3.8, 4) is 0 Å². The monoisotopic (exact) mass is 349 g/mol. The number of sulfonamides is 1. The second-order valence-corrected chi connectivity index (χ2v) is 7.25. The van der Waals surface area contributed by atoms with Crippen LogP contribution < -0.4 is 10.3 Å². The fourth-order valence-electron chi connectivity index (χ4n) is 2.75. The Kier molecular flexibility index (Phi) is 3.83. The van der Waals surface area contributed by atoms with Gasteiger partial charge < -0.3 is 5.43 Å². The molecule has 0 unspecified atom stereocenters. The van der Waals surface area contributed by atoms with Crippen LogP contribution in [0.5, 0.6) is 0 Å². The standard InChI is InChI=1S/C19H15N3O2S/c23-25(24,14-8-2-1-3-9-14)22-21-19-15-10-4-6-12-17(15)20-18-13-7-5-11-16(18)19/h1-13,22H,(H,20,21). The zero-order valence-electron chi connectivity index (χ0n) is 13.2. The maximum atomic E-state index is 12.5. The van der Waals surface area contributed by atoms with E-state index in [0.29, 0.717) is 5.69 Å². The molecule has 1 aromatic heterocycles. The molecule has 25 heavy (non-hydrogen) atoms. The molecule has 4 aromatic rings. The minimum absolute atomic E-state index is 0.199. The van der Waals surface area contributed by atoms with Crippen molar-refractivity contribution in [3.05, 3.63) is 78.9 Å². The largest absolute Gasteiger partial charge is 0.306 e. The molecule has 4 rings (SSSR count). The molecule has 0 amide bonds. The first-order chi connectivity index (χ1) is 12.1. The highest BCUT2D eigenvalue weighted by Gasteiger charge is 2.15. The normalized spacial score (nSPS) is 11.7. The van der Waals surface area contributed by atoms with Crippen LogP contribution in [0.3, 0.4) is 0 Å². The number of aromatic nitrogens is 1. The lowest BCUT2D eigenvalue weighted by Crippen LogP contribution is -2.29. The first-order valence-corrected chi connectivity index (χ1v) is 9.24. The van der Waals surface area contributed by atoms with E-state index in [2.05, 4.69) is 15.2 Å². The van der Waals surface area contributed by atoms with E-state index in [0.717, 1.165) is 21.8 Å². The summed E-state index contributed by atoms with van der Waals surface area (Å²) in [6.07, 6.45) is 0. The molecule has 1 heterocycles. The van der Waals surface area contributed by atoms with Crippen LogP contribution in [-0.2, 0) is 10.0 Å². The molecule has 0 spiro atoms. The van der Waals surface area contributed by atoms with Crippen molar-refractivity contribution < 1.29 is 8.42 Å². The summed E-state index contributed by atoms with van der Waals surface area (Å²) in [6.45, 7) is 0. The van der Waals surface area contributed by atoms with Gasteiger partial charge in [-0.25, -0.2) is 13.4 Å². The van der Waals surface area contributed by atoms with E-state index in [1.54, 1.807) is 30.3 Å². The molecule has 0 saturated heterocycles. The average Bonchev–Trinajstić information content (AvgIpc) is 2.66. The number of rotatable bonds is 4. The predicted octanol–water partition coefficient (Wildman–Crippen LogP) is 3.69. The Morgan fingerprint density at radius 3 is 1.80 bits per heavy atom. The highest BCUT2D eigenvalue weighted by molar-refractivity contribution is 7.89. The Morgan fingerprint density at radius 1 is 0.680 bits per heavy atom. The van der Waals surface area contributed by atoms with Crippen molar-refractivity contribution in [2.24, 2.45) is 0 Å². The quantitative estimate of drug-likeness (QED) is 0.435. The fraction of sp³-hybridized carbons (Fsp3) is 0. The molecule has 124 valence electrons. The summed E-state index contributed by atoms with van der Waals surface area (Å²) in [5.74, 6) is 0. The van der Waals surface area contributed by atoms with E-state index in [4.69, 9.17) is 0 Å². The molecular formula is C19H15N3O2S. The van der Waals surface area contributed by atoms with E-state index in [1.807, 2.05) is 48.5 Å². The summed E-state index contributed by atoms with van der Waals surface area (Å²) in [5.41, 5.74) is 5.16. The first-order valence-electron chi connectivity index (χ1n) is 7.75. The van der Waals surface area contributed by atoms with Gasteiger partial charge in [0.1, 0.15) is 0 Å². The van der Waals surface area contributed by atoms with Crippen LogP contribution in [0, 0.1) is 0 Å². The Balaban J connectivity index is 1.80. The van der Waals surface area contributed by atoms with Gasteiger partial charge in [-0.15, -0.1) is 4.83 Å². The summed E-state index contributed by atoms with van der Waals surface area (Å²) >= 11 is 0. The van der Waals surface area contributed by atoms with Crippen LogP contribution in [0.2, 0.25) is 0 Å². The Hall–Kier alpha value is -2.96. The fourth-order valence-corrected chi connectivity index (χ4v) is 3.62. The molecule has 0 aliphatic rings. The second-order valence-electron chi connectivity index (χ2n) is 5.56. The van der Waals surface area contributed by atoms with Gasteiger partial charge in [-0.3, -0.25) is 0 Å². The molecular weight excluding hydrogens is 334 g/mol. The average molecular weight is 349 g/mol. The van der Waals surface area contributed by atoms with Crippen LogP contribution >= 0.6 is 0 Å². The minimum atomic E-state index is -3.68. The molecule has 0 atom stereocenters. The van der Waals surface area contributed by atoms with E-state index in [1.165, 1.54) is 0 Å². The van der Waals surface area contributed by atoms with Gasteiger partial charge in [0.2, 0.25) is 0 Å². The van der Waals surface area contributed by atoms with Gasteiger partial charge in [0.25, 0.3) is 10.0 Å². The lowest BCUT2D eigenvalue weighted by Gasteiger charge is -2.14. The summed E-state index contributed by atoms with van der Waals surface area (Å²) in [7, 11) is -3.68. The van der Waals surface area contributed by atoms with Gasteiger partial charge >= 0.3 is 0 Å². The number of hydrogen-bond acceptors (Lipinski definition) is 4. The molecule has 0 fully saturated rings. The number of hydrogen-bond donors (Lipinski definition) is 2. The van der Waals surface area contributed by atoms with Crippen LogP contribution in [-0.4, -0.2) is 13.4 Å². The van der Waals surface area contributed by atoms with Gasteiger partial charge in [-0.05, 0) is 24.3 Å². The van der Waals surface area contributed by atoms with Crippen LogP contribution in [0.15, 0.2) is 83.8 Å². The maximum Gasteiger partial charge on any atom is 0.257 e. The molecule has 6 heteroatoms. The smallest absolute Gasteiger partial charge is 0.257 e. The van der Waals surface area contributed by atoms with Crippen molar-refractivity contribution in [2.75, 3.05) is 5.43 Å². The summed E-state index contributed by atoms with van der Waals surface area (Å²) < 4.78 is 25.0. The molecule has 3 aromatic carbocycles. The molecule has 0 radical (unpaired) electrons. The Morgan fingerprint density at radius 2 is 1.20 bits per heavy atom. The lowest BCUT2D eigenvalue weighted by atomic mass is 10.1. The minimum Gasteiger partial charge on any atom is -0.306 e. The summed E-state index contributed by atoms with van der Waals surface area (Å²) in [6, 6.07) is 23.5. The molecule has 0 aliphatic carbocycles. The zero-order valence-corrected chi connectivity index (χ0v) is 14.0. The van der Waals surface area contributed by atoms with E-state index >= 15 is 0 Å². The third-order valence-electron chi connectivity index (χ3n) is 3.95. The highest BCUT2D eigenvalue weighted by Crippen LogP contribution is 2.30. The summed E-state index contributed by atoms with van der Waals surface area (Å²) in [4.78, 5) is 7.29. The van der Waals surface area contributed by atoms with E-state index < -0.39 is 10.0 Å². The van der Waals surface area contributed by atoms with Crippen molar-refractivity contribution in [1.29, 1.82) is 0 Å². The zero-order chi connectivity index (χ0) is 17.3. The second kappa shape index (κ2) is 6.16. The van der Waals surface area contributed by atoms with Gasteiger partial charge in [0.05, 0.1) is 21.6 Å². The number of anilines is 1. The third-order valence-corrected chi connectivity index (χ3v) is 5.22. The highest BCUT2D eigenvalue weighted by atomic mass is 32.2. The van der Waals surface area contributed by atoms with Gasteiger partial charge in [0.15, 0.2) is 0 Å². The lowest BCUT2D eigenvalue weighted by molar-refractivity contribution is 0.588. The predicted molar refractivity (Wildman–Crippen MR) is 99.6 cm³/mol. The number of nitrogens with one attached hydrogen (secondary N) is 2. The van der Waals surface area contributed by atoms with Crippen molar-refractivity contribution in [1.82, 2.24) is 9.82 Å².